The summed E-state index contributed by atoms with van der Waals surface area (Å²) in [5.74, 6) is 0.432. The van der Waals surface area contributed by atoms with Crippen molar-refractivity contribution < 1.29 is 19.4 Å². The highest BCUT2D eigenvalue weighted by Gasteiger charge is 2.25. The van der Waals surface area contributed by atoms with Crippen LogP contribution < -0.4 is 4.74 Å². The van der Waals surface area contributed by atoms with E-state index in [1.165, 1.54) is 6.08 Å². The maximum Gasteiger partial charge on any atom is 0.187 e. The summed E-state index contributed by atoms with van der Waals surface area (Å²) in [5, 5.41) is 10.4. The molecule has 2 atom stereocenters. The minimum atomic E-state index is -1.22. The fourth-order valence-electron chi connectivity index (χ4n) is 2.83. The molecule has 0 unspecified atom stereocenters. The van der Waals surface area contributed by atoms with Crippen LogP contribution in [0.4, 0.5) is 0 Å². The first-order chi connectivity index (χ1) is 12.7. The number of aliphatic hydroxyl groups is 1. The summed E-state index contributed by atoms with van der Waals surface area (Å²) in [6, 6.07) is 17.2. The second kappa shape index (κ2) is 8.61. The maximum atomic E-state index is 12.4. The van der Waals surface area contributed by atoms with E-state index in [1.807, 2.05) is 60.7 Å². The van der Waals surface area contributed by atoms with Gasteiger partial charge in [0.1, 0.15) is 18.0 Å². The fraction of sp³-hybridized carbons (Fsp3) is 0.227. The Kier molecular flexibility index (Phi) is 6.00. The molecule has 0 aromatic heterocycles. The molecule has 1 aliphatic carbocycles. The summed E-state index contributed by atoms with van der Waals surface area (Å²) in [5.41, 5.74) is 2.82. The Morgan fingerprint density at radius 3 is 2.50 bits per heavy atom. The zero-order chi connectivity index (χ0) is 18.4. The van der Waals surface area contributed by atoms with Crippen LogP contribution in [0.3, 0.4) is 0 Å². The normalized spacial score (nSPS) is 23.5. The van der Waals surface area contributed by atoms with Crippen molar-refractivity contribution in [1.82, 2.24) is 0 Å². The van der Waals surface area contributed by atoms with Gasteiger partial charge in [0.2, 0.25) is 0 Å². The second-order valence-electron chi connectivity index (χ2n) is 6.14. The van der Waals surface area contributed by atoms with Gasteiger partial charge in [-0.2, -0.15) is 0 Å². The van der Waals surface area contributed by atoms with Crippen LogP contribution in [0.2, 0.25) is 0 Å². The second-order valence-corrected chi connectivity index (χ2v) is 6.14. The van der Waals surface area contributed by atoms with E-state index in [9.17, 15) is 9.90 Å². The Bertz CT molecular complexity index is 791. The standard InChI is InChI=1S/C22H22O4/c1-25-19-12-10-16(11-13-19)15-26-21-9-5-8-18(14-20(23)22(21)24)17-6-3-2-4-7-17/h2-7,9-14,21-22,24H,8,15H2,1H3/b9-5-,18-14+/t21-,22+/m1/s1. The van der Waals surface area contributed by atoms with Crippen LogP contribution in [0.5, 0.6) is 5.75 Å². The van der Waals surface area contributed by atoms with E-state index in [0.717, 1.165) is 22.4 Å². The molecule has 134 valence electrons. The minimum Gasteiger partial charge on any atom is -0.497 e. The lowest BCUT2D eigenvalue weighted by Gasteiger charge is -2.21. The number of aliphatic hydroxyl groups excluding tert-OH is 1. The van der Waals surface area contributed by atoms with Crippen LogP contribution in [0, 0.1) is 0 Å². The van der Waals surface area contributed by atoms with Gasteiger partial charge >= 0.3 is 0 Å². The van der Waals surface area contributed by atoms with Gasteiger partial charge in [0.05, 0.1) is 13.7 Å². The van der Waals surface area contributed by atoms with E-state index in [2.05, 4.69) is 0 Å². The molecule has 0 heterocycles. The molecular weight excluding hydrogens is 328 g/mol. The molecule has 26 heavy (non-hydrogen) atoms. The number of hydrogen-bond donors (Lipinski definition) is 1. The average molecular weight is 350 g/mol. The third kappa shape index (κ3) is 4.48. The summed E-state index contributed by atoms with van der Waals surface area (Å²) in [6.45, 7) is 0.304. The fourth-order valence-corrected chi connectivity index (χ4v) is 2.83. The average Bonchev–Trinajstić information content (AvgIpc) is 2.69. The zero-order valence-electron chi connectivity index (χ0n) is 14.7. The number of benzene rings is 2. The highest BCUT2D eigenvalue weighted by atomic mass is 16.5. The first-order valence-electron chi connectivity index (χ1n) is 8.56. The monoisotopic (exact) mass is 350 g/mol. The highest BCUT2D eigenvalue weighted by molar-refractivity contribution is 6.00. The van der Waals surface area contributed by atoms with E-state index < -0.39 is 12.2 Å². The van der Waals surface area contributed by atoms with Crippen molar-refractivity contribution in [2.75, 3.05) is 7.11 Å². The molecule has 0 aliphatic heterocycles. The van der Waals surface area contributed by atoms with Crippen LogP contribution in [-0.2, 0) is 16.1 Å². The van der Waals surface area contributed by atoms with Crippen LogP contribution in [0.25, 0.3) is 5.57 Å². The lowest BCUT2D eigenvalue weighted by Crippen LogP contribution is -2.34. The maximum absolute atomic E-state index is 12.4. The van der Waals surface area contributed by atoms with Gasteiger partial charge in [0.15, 0.2) is 5.78 Å². The van der Waals surface area contributed by atoms with E-state index >= 15 is 0 Å². The van der Waals surface area contributed by atoms with Gasteiger partial charge in [0.25, 0.3) is 0 Å². The molecule has 0 fully saturated rings. The van der Waals surface area contributed by atoms with Gasteiger partial charge in [-0.1, -0.05) is 54.6 Å². The molecule has 1 aliphatic rings. The Hall–Kier alpha value is -2.69. The molecule has 0 amide bonds. The van der Waals surface area contributed by atoms with Gasteiger partial charge < -0.3 is 14.6 Å². The number of carbonyl (C=O) groups is 1. The summed E-state index contributed by atoms with van der Waals surface area (Å²) in [7, 11) is 1.62. The third-order valence-corrected chi connectivity index (χ3v) is 4.33. The SMILES string of the molecule is COc1ccc(CO[C@@H]2/C=C\C/C(c3ccccc3)=C\C(=O)[C@@H]2O)cc1. The van der Waals surface area contributed by atoms with E-state index in [0.29, 0.717) is 13.0 Å². The summed E-state index contributed by atoms with van der Waals surface area (Å²) in [4.78, 5) is 12.4. The van der Waals surface area contributed by atoms with Crippen molar-refractivity contribution in [2.45, 2.75) is 25.2 Å². The molecule has 0 radical (unpaired) electrons. The van der Waals surface area contributed by atoms with E-state index in [1.54, 1.807) is 13.2 Å². The highest BCUT2D eigenvalue weighted by Crippen LogP contribution is 2.22. The van der Waals surface area contributed by atoms with Crippen LogP contribution in [-0.4, -0.2) is 30.2 Å². The van der Waals surface area contributed by atoms with Gasteiger partial charge in [0, 0.05) is 0 Å². The summed E-state index contributed by atoms with van der Waals surface area (Å²) in [6.07, 6.45) is 3.95. The molecule has 0 saturated heterocycles. The van der Waals surface area contributed by atoms with Crippen LogP contribution >= 0.6 is 0 Å². The van der Waals surface area contributed by atoms with Crippen molar-refractivity contribution in [1.29, 1.82) is 0 Å². The molecular formula is C22H22O4. The number of ketones is 1. The topological polar surface area (TPSA) is 55.8 Å². The lowest BCUT2D eigenvalue weighted by atomic mass is 9.95. The van der Waals surface area contributed by atoms with Gasteiger partial charge in [-0.05, 0) is 41.3 Å². The first kappa shape index (κ1) is 18.1. The zero-order valence-corrected chi connectivity index (χ0v) is 14.7. The van der Waals surface area contributed by atoms with Crippen LogP contribution in [0.15, 0.2) is 72.8 Å². The Morgan fingerprint density at radius 1 is 1.08 bits per heavy atom. The number of allylic oxidation sites excluding steroid dienone is 2. The van der Waals surface area contributed by atoms with Crippen molar-refractivity contribution in [3.63, 3.8) is 0 Å². The predicted molar refractivity (Wildman–Crippen MR) is 101 cm³/mol. The molecule has 3 rings (SSSR count). The molecule has 1 N–H and O–H groups in total. The quantitative estimate of drug-likeness (QED) is 0.838. The van der Waals surface area contributed by atoms with Gasteiger partial charge in [-0.15, -0.1) is 0 Å². The number of ether oxygens (including phenoxy) is 2. The molecule has 0 spiro atoms. The van der Waals surface area contributed by atoms with Crippen LogP contribution in [0.1, 0.15) is 17.5 Å². The Balaban J connectivity index is 1.67. The molecule has 4 nitrogen and oxygen atoms in total. The molecule has 4 heteroatoms. The summed E-state index contributed by atoms with van der Waals surface area (Å²) < 4.78 is 10.9. The first-order valence-corrected chi connectivity index (χ1v) is 8.56. The largest absolute Gasteiger partial charge is 0.497 e. The Morgan fingerprint density at radius 2 is 1.81 bits per heavy atom. The lowest BCUT2D eigenvalue weighted by molar-refractivity contribution is -0.129. The van der Waals surface area contributed by atoms with E-state index in [4.69, 9.17) is 9.47 Å². The number of hydrogen-bond acceptors (Lipinski definition) is 4. The molecule has 2 aromatic carbocycles. The summed E-state index contributed by atoms with van der Waals surface area (Å²) >= 11 is 0. The number of methoxy groups -OCH3 is 1. The Labute approximate surface area is 153 Å². The predicted octanol–water partition coefficient (Wildman–Crippen LogP) is 3.55. The number of rotatable bonds is 5. The van der Waals surface area contributed by atoms with Gasteiger partial charge in [-0.25, -0.2) is 0 Å². The smallest absolute Gasteiger partial charge is 0.187 e. The van der Waals surface area contributed by atoms with Crippen molar-refractivity contribution >= 4 is 11.4 Å². The van der Waals surface area contributed by atoms with Crippen molar-refractivity contribution in [2.24, 2.45) is 0 Å². The van der Waals surface area contributed by atoms with Gasteiger partial charge in [-0.3, -0.25) is 4.79 Å². The molecule has 0 saturated carbocycles. The molecule has 2 aromatic rings. The van der Waals surface area contributed by atoms with E-state index in [-0.39, 0.29) is 5.78 Å². The van der Waals surface area contributed by atoms with Crippen molar-refractivity contribution in [3.8, 4) is 5.75 Å². The third-order valence-electron chi connectivity index (χ3n) is 4.33. The number of carbonyl (C=O) groups excluding carboxylic acids is 1. The minimum absolute atomic E-state index is 0.304. The van der Waals surface area contributed by atoms with Crippen molar-refractivity contribution in [3.05, 3.63) is 84.0 Å². The molecule has 0 bridgehead atoms.